The maximum Gasteiger partial charge on any atom is 0.136 e. The van der Waals surface area contributed by atoms with Gasteiger partial charge in [-0.15, -0.1) is 0 Å². The van der Waals surface area contributed by atoms with Crippen LogP contribution in [0.15, 0.2) is 12.2 Å². The molecule has 0 aromatic rings. The van der Waals surface area contributed by atoms with Crippen LogP contribution in [-0.2, 0) is 4.79 Å². The average molecular weight is 162 g/mol. The highest BCUT2D eigenvalue weighted by Gasteiger charge is 2.48. The molecule has 2 saturated carbocycles. The van der Waals surface area contributed by atoms with Crippen LogP contribution >= 0.6 is 0 Å². The van der Waals surface area contributed by atoms with Gasteiger partial charge in [0.1, 0.15) is 5.78 Å². The molecule has 4 atom stereocenters. The molecule has 0 heterocycles. The van der Waals surface area contributed by atoms with Gasteiger partial charge >= 0.3 is 0 Å². The normalized spacial score (nSPS) is 49.8. The molecule has 12 heavy (non-hydrogen) atoms. The van der Waals surface area contributed by atoms with Gasteiger partial charge in [0.05, 0.1) is 0 Å². The third-order valence-electron chi connectivity index (χ3n) is 4.05. The van der Waals surface area contributed by atoms with Crippen molar-refractivity contribution in [2.24, 2.45) is 23.7 Å². The van der Waals surface area contributed by atoms with E-state index in [9.17, 15) is 4.79 Å². The lowest BCUT2D eigenvalue weighted by Gasteiger charge is -2.18. The molecule has 3 aliphatic carbocycles. The van der Waals surface area contributed by atoms with E-state index in [1.165, 1.54) is 19.3 Å². The second-order valence-electron chi connectivity index (χ2n) is 4.51. The highest BCUT2D eigenvalue weighted by Crippen LogP contribution is 2.52. The van der Waals surface area contributed by atoms with Crippen molar-refractivity contribution >= 4 is 5.78 Å². The van der Waals surface area contributed by atoms with Crippen LogP contribution in [-0.4, -0.2) is 5.78 Å². The van der Waals surface area contributed by atoms with Crippen LogP contribution in [0.4, 0.5) is 0 Å². The smallest absolute Gasteiger partial charge is 0.136 e. The van der Waals surface area contributed by atoms with E-state index in [0.29, 0.717) is 17.6 Å². The maximum atomic E-state index is 11.6. The lowest BCUT2D eigenvalue weighted by Crippen LogP contribution is -2.20. The Morgan fingerprint density at radius 2 is 2.33 bits per heavy atom. The number of rotatable bonds is 0. The summed E-state index contributed by atoms with van der Waals surface area (Å²) in [5.41, 5.74) is 0. The molecule has 3 rings (SSSR count). The van der Waals surface area contributed by atoms with Gasteiger partial charge in [0, 0.05) is 12.3 Å². The summed E-state index contributed by atoms with van der Waals surface area (Å²) in [5, 5.41) is 0. The monoisotopic (exact) mass is 162 g/mol. The molecule has 1 nitrogen and oxygen atoms in total. The van der Waals surface area contributed by atoms with E-state index in [2.05, 4.69) is 12.2 Å². The first-order valence-corrected chi connectivity index (χ1v) is 5.05. The largest absolute Gasteiger partial charge is 0.299 e. The minimum atomic E-state index is 0.448. The topological polar surface area (TPSA) is 17.1 Å². The predicted molar refractivity (Wildman–Crippen MR) is 46.6 cm³/mol. The van der Waals surface area contributed by atoms with Gasteiger partial charge < -0.3 is 0 Å². The van der Waals surface area contributed by atoms with Crippen LogP contribution in [0.1, 0.15) is 25.7 Å². The summed E-state index contributed by atoms with van der Waals surface area (Å²) in [6.07, 6.45) is 9.08. The van der Waals surface area contributed by atoms with Gasteiger partial charge in [0.25, 0.3) is 0 Å². The molecule has 0 unspecified atom stereocenters. The molecule has 64 valence electrons. The number of allylic oxidation sites excluding steroid dienone is 2. The van der Waals surface area contributed by atoms with Crippen molar-refractivity contribution in [3.8, 4) is 0 Å². The molecule has 0 aliphatic heterocycles. The number of hydrogen-bond donors (Lipinski definition) is 0. The molecule has 2 bridgehead atoms. The van der Waals surface area contributed by atoms with Gasteiger partial charge in [0.2, 0.25) is 0 Å². The lowest BCUT2D eigenvalue weighted by molar-refractivity contribution is -0.125. The van der Waals surface area contributed by atoms with Crippen molar-refractivity contribution in [2.45, 2.75) is 25.7 Å². The zero-order chi connectivity index (χ0) is 8.13. The highest BCUT2D eigenvalue weighted by molar-refractivity contribution is 5.83. The van der Waals surface area contributed by atoms with Crippen molar-refractivity contribution in [1.82, 2.24) is 0 Å². The number of ketones is 1. The molecule has 0 radical (unpaired) electrons. The van der Waals surface area contributed by atoms with Crippen molar-refractivity contribution < 1.29 is 4.79 Å². The second-order valence-corrected chi connectivity index (χ2v) is 4.51. The van der Waals surface area contributed by atoms with Gasteiger partial charge in [-0.25, -0.2) is 0 Å². The number of carbonyl (C=O) groups excluding carboxylic acids is 1. The Balaban J connectivity index is 1.97. The number of carbonyl (C=O) groups is 1. The lowest BCUT2D eigenvalue weighted by atomic mass is 9.85. The Kier molecular flexibility index (Phi) is 1.27. The zero-order valence-electron chi connectivity index (χ0n) is 7.20. The zero-order valence-corrected chi connectivity index (χ0v) is 7.20. The molecule has 0 aromatic heterocycles. The van der Waals surface area contributed by atoms with E-state index in [1.807, 2.05) is 0 Å². The first kappa shape index (κ1) is 6.88. The summed E-state index contributed by atoms with van der Waals surface area (Å²) in [5.74, 6) is 3.36. The summed E-state index contributed by atoms with van der Waals surface area (Å²) < 4.78 is 0. The molecule has 0 amide bonds. The third-order valence-corrected chi connectivity index (χ3v) is 4.05. The van der Waals surface area contributed by atoms with Crippen molar-refractivity contribution in [1.29, 1.82) is 0 Å². The summed E-state index contributed by atoms with van der Waals surface area (Å²) in [4.78, 5) is 11.6. The fraction of sp³-hybridized carbons (Fsp3) is 0.727. The van der Waals surface area contributed by atoms with Crippen LogP contribution in [0.5, 0.6) is 0 Å². The fourth-order valence-corrected chi connectivity index (χ4v) is 3.48. The Labute approximate surface area is 72.8 Å². The van der Waals surface area contributed by atoms with Crippen molar-refractivity contribution in [3.63, 3.8) is 0 Å². The number of fused-ring (bicyclic) bond motifs is 5. The standard InChI is InChI=1S/C11H14O/c12-11-5-4-7-6-10(11)9-3-1-2-8(7)9/h1-2,7-10H,3-6H2/t7-,8+,9+,10+/m0/s1. The SMILES string of the molecule is O=C1CC[C@H]2C[C@@H]1[C@@H]1CC=C[C@H]21. The van der Waals surface area contributed by atoms with Gasteiger partial charge in [-0.3, -0.25) is 4.79 Å². The van der Waals surface area contributed by atoms with Gasteiger partial charge in [-0.1, -0.05) is 12.2 Å². The summed E-state index contributed by atoms with van der Waals surface area (Å²) in [7, 11) is 0. The van der Waals surface area contributed by atoms with E-state index in [-0.39, 0.29) is 0 Å². The minimum Gasteiger partial charge on any atom is -0.299 e. The molecule has 1 heteroatoms. The van der Waals surface area contributed by atoms with Gasteiger partial charge in [-0.05, 0) is 37.0 Å². The minimum absolute atomic E-state index is 0.448. The Hall–Kier alpha value is -0.590. The number of hydrogen-bond acceptors (Lipinski definition) is 1. The van der Waals surface area contributed by atoms with E-state index < -0.39 is 0 Å². The Morgan fingerprint density at radius 1 is 1.42 bits per heavy atom. The molecular weight excluding hydrogens is 148 g/mol. The van der Waals surface area contributed by atoms with E-state index in [0.717, 1.165) is 18.3 Å². The van der Waals surface area contributed by atoms with Gasteiger partial charge in [-0.2, -0.15) is 0 Å². The number of Topliss-reactive ketones (excluding diaryl/α,β-unsaturated/α-hetero) is 1. The summed E-state index contributed by atoms with van der Waals surface area (Å²) in [6, 6.07) is 0. The average Bonchev–Trinajstić information content (AvgIpc) is 2.59. The van der Waals surface area contributed by atoms with E-state index >= 15 is 0 Å². The molecular formula is C11H14O. The van der Waals surface area contributed by atoms with Crippen LogP contribution in [0.25, 0.3) is 0 Å². The third kappa shape index (κ3) is 0.720. The summed E-state index contributed by atoms with van der Waals surface area (Å²) in [6.45, 7) is 0. The molecule has 0 N–H and O–H groups in total. The predicted octanol–water partition coefficient (Wildman–Crippen LogP) is 2.18. The van der Waals surface area contributed by atoms with Crippen molar-refractivity contribution in [3.05, 3.63) is 12.2 Å². The molecule has 0 spiro atoms. The quantitative estimate of drug-likeness (QED) is 0.499. The maximum absolute atomic E-state index is 11.6. The second kappa shape index (κ2) is 2.21. The first-order valence-electron chi connectivity index (χ1n) is 5.05. The van der Waals surface area contributed by atoms with Crippen LogP contribution in [0, 0.1) is 23.7 Å². The first-order chi connectivity index (χ1) is 5.86. The van der Waals surface area contributed by atoms with Gasteiger partial charge in [0.15, 0.2) is 0 Å². The fourth-order valence-electron chi connectivity index (χ4n) is 3.48. The Morgan fingerprint density at radius 3 is 3.25 bits per heavy atom. The highest BCUT2D eigenvalue weighted by atomic mass is 16.1. The molecule has 0 aromatic carbocycles. The van der Waals surface area contributed by atoms with Crippen LogP contribution in [0.2, 0.25) is 0 Å². The van der Waals surface area contributed by atoms with Crippen LogP contribution < -0.4 is 0 Å². The molecule has 0 saturated heterocycles. The van der Waals surface area contributed by atoms with E-state index in [4.69, 9.17) is 0 Å². The van der Waals surface area contributed by atoms with E-state index in [1.54, 1.807) is 0 Å². The van der Waals surface area contributed by atoms with Crippen LogP contribution in [0.3, 0.4) is 0 Å². The molecule has 2 fully saturated rings. The molecule has 3 aliphatic rings. The van der Waals surface area contributed by atoms with Crippen molar-refractivity contribution in [2.75, 3.05) is 0 Å². The summed E-state index contributed by atoms with van der Waals surface area (Å²) >= 11 is 0. The Bertz CT molecular complexity index is 254.